The Labute approximate surface area is 247 Å². The topological polar surface area (TPSA) is 71.8 Å². The quantitative estimate of drug-likeness (QED) is 0.233. The van der Waals surface area contributed by atoms with Crippen LogP contribution in [0.25, 0.3) is 0 Å². The van der Waals surface area contributed by atoms with Crippen molar-refractivity contribution in [1.29, 1.82) is 0 Å². The van der Waals surface area contributed by atoms with Gasteiger partial charge in [0.05, 0.1) is 29.4 Å². The molecule has 0 aliphatic heterocycles. The molecule has 1 unspecified atom stereocenters. The molecule has 1 aliphatic rings. The minimum absolute atomic E-state index is 0.00702. The van der Waals surface area contributed by atoms with Gasteiger partial charge in [0.25, 0.3) is 5.95 Å². The fourth-order valence-corrected chi connectivity index (χ4v) is 5.39. The number of nitrogens with zero attached hydrogens (tertiary/aromatic N) is 6. The number of hydrogen-bond acceptors (Lipinski definition) is 6. The molecule has 16 heteroatoms. The number of benzene rings is 1. The van der Waals surface area contributed by atoms with Crippen LogP contribution in [0.3, 0.4) is 0 Å². The smallest absolute Gasteiger partial charge is 0.329 e. The average Bonchev–Trinajstić information content (AvgIpc) is 3.38. The van der Waals surface area contributed by atoms with Gasteiger partial charge in [0, 0.05) is 25.3 Å². The van der Waals surface area contributed by atoms with E-state index in [-0.39, 0.29) is 23.3 Å². The molecular weight excluding hydrogens is 605 g/mol. The molecule has 0 amide bonds. The van der Waals surface area contributed by atoms with Gasteiger partial charge in [-0.3, -0.25) is 4.98 Å². The lowest BCUT2D eigenvalue weighted by atomic mass is 9.89. The van der Waals surface area contributed by atoms with Crippen molar-refractivity contribution >= 4 is 5.95 Å². The largest absolute Gasteiger partial charge is 0.417 e. The molecule has 1 N–H and O–H groups in total. The SMILES string of the molecule is CCC(NCC1CCCCC1)c1ncc(C(F)(F)F)cc1CN(Cc1cc(C(F)(F)F)cc(C(F)(F)F)c1)c1nnn(C)n1. The normalized spacial score (nSPS) is 15.9. The Morgan fingerprint density at radius 2 is 1.48 bits per heavy atom. The molecule has 7 nitrogen and oxygen atoms in total. The Bertz CT molecular complexity index is 1360. The van der Waals surface area contributed by atoms with Gasteiger partial charge in [-0.15, -0.1) is 5.10 Å². The van der Waals surface area contributed by atoms with Gasteiger partial charge in [0.15, 0.2) is 0 Å². The number of anilines is 1. The van der Waals surface area contributed by atoms with Gasteiger partial charge in [0.1, 0.15) is 0 Å². The second-order valence-electron chi connectivity index (χ2n) is 11.0. The third-order valence-corrected chi connectivity index (χ3v) is 7.61. The average molecular weight is 638 g/mol. The van der Waals surface area contributed by atoms with Crippen LogP contribution in [0.2, 0.25) is 0 Å². The van der Waals surface area contributed by atoms with Gasteiger partial charge >= 0.3 is 18.5 Å². The Morgan fingerprint density at radius 1 is 0.864 bits per heavy atom. The number of pyridine rings is 1. The number of aromatic nitrogens is 5. The second-order valence-corrected chi connectivity index (χ2v) is 11.0. The monoisotopic (exact) mass is 637 g/mol. The molecule has 1 saturated carbocycles. The van der Waals surface area contributed by atoms with E-state index in [4.69, 9.17) is 0 Å². The molecule has 1 atom stereocenters. The van der Waals surface area contributed by atoms with E-state index in [1.807, 2.05) is 6.92 Å². The summed E-state index contributed by atoms with van der Waals surface area (Å²) >= 11 is 0. The lowest BCUT2D eigenvalue weighted by Gasteiger charge is -2.28. The molecule has 4 rings (SSSR count). The summed E-state index contributed by atoms with van der Waals surface area (Å²) in [4.78, 5) is 6.36. The molecular formula is C28H32F9N7. The minimum Gasteiger partial charge on any atom is -0.329 e. The standard InChI is InChI=1S/C28H32F9N7/c1-3-23(38-13-17-7-5-4-6-8-17)24-19(11-22(14-39-24)28(35,36)37)16-44(25-40-42-43(2)41-25)15-18-9-20(26(29,30)31)12-21(10-18)27(32,33)34/h9-12,14,17,23,38H,3-8,13,15-16H2,1-2H3. The van der Waals surface area contributed by atoms with E-state index in [1.165, 1.54) is 11.9 Å². The highest BCUT2D eigenvalue weighted by molar-refractivity contribution is 5.40. The van der Waals surface area contributed by atoms with E-state index in [9.17, 15) is 39.5 Å². The van der Waals surface area contributed by atoms with Gasteiger partial charge in [0.2, 0.25) is 0 Å². The summed E-state index contributed by atoms with van der Waals surface area (Å²) in [7, 11) is 1.39. The van der Waals surface area contributed by atoms with Gasteiger partial charge in [-0.05, 0) is 72.3 Å². The number of alkyl halides is 9. The Balaban J connectivity index is 1.74. The van der Waals surface area contributed by atoms with Gasteiger partial charge in [-0.25, -0.2) is 0 Å². The molecule has 0 saturated heterocycles. The van der Waals surface area contributed by atoms with Gasteiger partial charge in [-0.2, -0.15) is 44.3 Å². The lowest BCUT2D eigenvalue weighted by molar-refractivity contribution is -0.143. The maximum absolute atomic E-state index is 13.8. The van der Waals surface area contributed by atoms with Crippen molar-refractivity contribution in [3.63, 3.8) is 0 Å². The molecule has 2 heterocycles. The van der Waals surface area contributed by atoms with Crippen LogP contribution in [0.15, 0.2) is 30.5 Å². The van der Waals surface area contributed by atoms with E-state index in [2.05, 4.69) is 25.7 Å². The molecule has 242 valence electrons. The number of tetrazole rings is 1. The van der Waals surface area contributed by atoms with Crippen molar-refractivity contribution in [2.75, 3.05) is 11.4 Å². The number of rotatable bonds is 10. The van der Waals surface area contributed by atoms with Crippen molar-refractivity contribution in [2.24, 2.45) is 13.0 Å². The van der Waals surface area contributed by atoms with Crippen LogP contribution in [0.5, 0.6) is 0 Å². The van der Waals surface area contributed by atoms with E-state index >= 15 is 0 Å². The highest BCUT2D eigenvalue weighted by atomic mass is 19.4. The van der Waals surface area contributed by atoms with Crippen LogP contribution in [0, 0.1) is 5.92 Å². The molecule has 0 bridgehead atoms. The van der Waals surface area contributed by atoms with Crippen molar-refractivity contribution in [3.05, 3.63) is 64.0 Å². The molecule has 1 aliphatic carbocycles. The molecule has 1 aromatic carbocycles. The van der Waals surface area contributed by atoms with E-state index in [1.54, 1.807) is 0 Å². The van der Waals surface area contributed by atoms with Crippen LogP contribution in [0.1, 0.15) is 85.0 Å². The zero-order valence-electron chi connectivity index (χ0n) is 24.0. The third kappa shape index (κ3) is 8.60. The maximum atomic E-state index is 13.8. The summed E-state index contributed by atoms with van der Waals surface area (Å²) in [5.74, 6) is 0.199. The summed E-state index contributed by atoms with van der Waals surface area (Å²) in [6.07, 6.45) is -8.33. The Kier molecular flexibility index (Phi) is 10.1. The Hall–Kier alpha value is -3.43. The fourth-order valence-electron chi connectivity index (χ4n) is 5.39. The fraction of sp³-hybridized carbons (Fsp3) is 0.571. The molecule has 0 spiro atoms. The van der Waals surface area contributed by atoms with Crippen LogP contribution >= 0.6 is 0 Å². The van der Waals surface area contributed by atoms with Crippen LogP contribution in [0.4, 0.5) is 45.5 Å². The lowest BCUT2D eigenvalue weighted by Crippen LogP contribution is -2.31. The van der Waals surface area contributed by atoms with Crippen molar-refractivity contribution in [3.8, 4) is 0 Å². The van der Waals surface area contributed by atoms with Gasteiger partial charge < -0.3 is 10.2 Å². The minimum atomic E-state index is -5.08. The zero-order valence-corrected chi connectivity index (χ0v) is 24.0. The first-order valence-electron chi connectivity index (χ1n) is 14.1. The van der Waals surface area contributed by atoms with E-state index in [0.717, 1.165) is 49.2 Å². The zero-order chi connectivity index (χ0) is 32.3. The molecule has 2 aromatic heterocycles. The predicted molar refractivity (Wildman–Crippen MR) is 142 cm³/mol. The third-order valence-electron chi connectivity index (χ3n) is 7.61. The number of halogens is 9. The van der Waals surface area contributed by atoms with Gasteiger partial charge in [-0.1, -0.05) is 31.3 Å². The second kappa shape index (κ2) is 13.3. The summed E-state index contributed by atoms with van der Waals surface area (Å²) in [5, 5.41) is 15.0. The molecule has 3 aromatic rings. The van der Waals surface area contributed by atoms with Crippen molar-refractivity contribution < 1.29 is 39.5 Å². The summed E-state index contributed by atoms with van der Waals surface area (Å²) in [6.45, 7) is 1.46. The molecule has 1 fully saturated rings. The molecule has 0 radical (unpaired) electrons. The Morgan fingerprint density at radius 3 is 2.00 bits per heavy atom. The maximum Gasteiger partial charge on any atom is 0.417 e. The summed E-state index contributed by atoms with van der Waals surface area (Å²) in [5.41, 5.74) is -4.14. The van der Waals surface area contributed by atoms with Crippen molar-refractivity contribution in [1.82, 2.24) is 30.5 Å². The van der Waals surface area contributed by atoms with E-state index in [0.29, 0.717) is 31.0 Å². The first-order chi connectivity index (χ1) is 20.5. The number of aryl methyl sites for hydroxylation is 1. The number of nitrogens with one attached hydrogen (secondary N) is 1. The highest BCUT2D eigenvalue weighted by Crippen LogP contribution is 2.37. The molecule has 44 heavy (non-hydrogen) atoms. The summed E-state index contributed by atoms with van der Waals surface area (Å²) < 4.78 is 123. The van der Waals surface area contributed by atoms with Crippen LogP contribution in [-0.4, -0.2) is 31.7 Å². The van der Waals surface area contributed by atoms with Crippen molar-refractivity contribution in [2.45, 2.75) is 83.1 Å². The van der Waals surface area contributed by atoms with E-state index < -0.39 is 59.9 Å². The predicted octanol–water partition coefficient (Wildman–Crippen LogP) is 7.49. The first-order valence-corrected chi connectivity index (χ1v) is 14.1. The first kappa shape index (κ1) is 33.5. The van der Waals surface area contributed by atoms with Crippen LogP contribution in [-0.2, 0) is 38.7 Å². The highest BCUT2D eigenvalue weighted by Gasteiger charge is 2.37. The number of hydrogen-bond donors (Lipinski definition) is 1. The van der Waals surface area contributed by atoms with Crippen LogP contribution < -0.4 is 10.2 Å². The summed E-state index contributed by atoms with van der Waals surface area (Å²) in [6, 6.07) is 1.56.